The molecule has 7 nitrogen and oxygen atoms in total. The molecule has 0 radical (unpaired) electrons. The van der Waals surface area contributed by atoms with Crippen molar-refractivity contribution in [2.24, 2.45) is 5.73 Å². The summed E-state index contributed by atoms with van der Waals surface area (Å²) in [5.74, 6) is -2.25. The highest BCUT2D eigenvalue weighted by molar-refractivity contribution is 6.35. The van der Waals surface area contributed by atoms with Crippen molar-refractivity contribution < 1.29 is 33.0 Å². The maximum Gasteiger partial charge on any atom is 0.417 e. The van der Waals surface area contributed by atoms with E-state index >= 15 is 0 Å². The zero-order valence-corrected chi connectivity index (χ0v) is 17.3. The lowest BCUT2D eigenvalue weighted by Gasteiger charge is -2.13. The first-order chi connectivity index (χ1) is 14.9. The van der Waals surface area contributed by atoms with Crippen molar-refractivity contribution in [2.75, 3.05) is 6.61 Å². The number of pyridine rings is 1. The van der Waals surface area contributed by atoms with Crippen LogP contribution in [-0.4, -0.2) is 33.3 Å². The van der Waals surface area contributed by atoms with E-state index < -0.39 is 29.2 Å². The number of halogens is 4. The standard InChI is InChI=1S/C13H12ClNO4.C8H6F3NO/c1-7(6-16)15-5-4-8-9(12(15)17)2-3-10(14)11(8)13(18)19;9-8(10,11)6-4-2-1-3-5(6)7(12)13/h2-5,7,16H,6H2,1H3,(H,18,19);1-4H,(H2,12,13)/t7-;/m1./s1. The molecular formula is C21H18ClF3N2O5. The number of alkyl halides is 3. The fraction of sp³-hybridized carbons (Fsp3) is 0.190. The topological polar surface area (TPSA) is 123 Å². The predicted octanol–water partition coefficient (Wildman–Crippen LogP) is 3.71. The lowest BCUT2D eigenvalue weighted by Crippen LogP contribution is -2.25. The molecule has 32 heavy (non-hydrogen) atoms. The molecule has 3 aromatic rings. The normalized spacial score (nSPS) is 12.1. The van der Waals surface area contributed by atoms with E-state index in [1.807, 2.05) is 0 Å². The molecule has 0 aliphatic rings. The average molecular weight is 471 g/mol. The fourth-order valence-corrected chi connectivity index (χ4v) is 3.16. The number of aromatic carboxylic acids is 1. The van der Waals surface area contributed by atoms with E-state index in [1.54, 1.807) is 6.92 Å². The first-order valence-electron chi connectivity index (χ1n) is 9.03. The molecule has 1 aromatic heterocycles. The van der Waals surface area contributed by atoms with Crippen LogP contribution >= 0.6 is 11.6 Å². The number of carbonyl (C=O) groups is 2. The van der Waals surface area contributed by atoms with Gasteiger partial charge >= 0.3 is 12.1 Å². The van der Waals surface area contributed by atoms with Crippen LogP contribution in [0, 0.1) is 0 Å². The summed E-state index contributed by atoms with van der Waals surface area (Å²) in [7, 11) is 0. The summed E-state index contributed by atoms with van der Waals surface area (Å²) in [6.07, 6.45) is -3.07. The Balaban J connectivity index is 0.000000244. The molecule has 0 aliphatic carbocycles. The number of rotatable bonds is 4. The SMILES string of the molecule is C[C@H](CO)n1ccc2c(C(=O)O)c(Cl)ccc2c1=O.NC(=O)c1ccccc1C(F)(F)F. The lowest BCUT2D eigenvalue weighted by atomic mass is 10.1. The van der Waals surface area contributed by atoms with Gasteiger partial charge in [0.1, 0.15) is 0 Å². The second-order valence-electron chi connectivity index (χ2n) is 6.66. The number of carboxylic acids is 1. The summed E-state index contributed by atoms with van der Waals surface area (Å²) >= 11 is 5.85. The first kappa shape index (κ1) is 24.9. The second kappa shape index (κ2) is 9.84. The average Bonchev–Trinajstić information content (AvgIpc) is 2.72. The maximum atomic E-state index is 12.2. The van der Waals surface area contributed by atoms with E-state index in [9.17, 15) is 27.6 Å². The zero-order chi connectivity index (χ0) is 24.2. The van der Waals surface area contributed by atoms with Crippen molar-refractivity contribution in [1.82, 2.24) is 4.57 Å². The molecule has 0 bridgehead atoms. The molecule has 0 saturated carbocycles. The molecule has 0 unspecified atom stereocenters. The van der Waals surface area contributed by atoms with E-state index in [-0.39, 0.29) is 34.2 Å². The molecule has 1 heterocycles. The highest BCUT2D eigenvalue weighted by atomic mass is 35.5. The van der Waals surface area contributed by atoms with Crippen molar-refractivity contribution >= 4 is 34.2 Å². The van der Waals surface area contributed by atoms with Gasteiger partial charge in [-0.2, -0.15) is 13.2 Å². The van der Waals surface area contributed by atoms with Crippen molar-refractivity contribution in [3.8, 4) is 0 Å². The molecule has 0 fully saturated rings. The van der Waals surface area contributed by atoms with Crippen LogP contribution in [0.3, 0.4) is 0 Å². The number of aliphatic hydroxyl groups excluding tert-OH is 1. The van der Waals surface area contributed by atoms with Crippen LogP contribution in [0.25, 0.3) is 10.8 Å². The van der Waals surface area contributed by atoms with E-state index in [1.165, 1.54) is 41.1 Å². The third-order valence-electron chi connectivity index (χ3n) is 4.51. The smallest absolute Gasteiger partial charge is 0.417 e. The molecule has 0 saturated heterocycles. The van der Waals surface area contributed by atoms with Gasteiger partial charge in [-0.25, -0.2) is 4.79 Å². The Labute approximate surface area is 184 Å². The molecule has 1 amide bonds. The number of nitrogens with zero attached hydrogens (tertiary/aromatic N) is 1. The minimum absolute atomic E-state index is 0.0833. The Morgan fingerprint density at radius 1 is 1.12 bits per heavy atom. The molecule has 11 heteroatoms. The van der Waals surface area contributed by atoms with Gasteiger partial charge in [-0.1, -0.05) is 23.7 Å². The molecule has 170 valence electrons. The Kier molecular flexibility index (Phi) is 7.65. The molecule has 1 atom stereocenters. The number of carboxylic acid groups (broad SMARTS) is 1. The van der Waals surface area contributed by atoms with Crippen LogP contribution in [0.1, 0.15) is 39.2 Å². The molecule has 3 rings (SSSR count). The number of carbonyl (C=O) groups excluding carboxylic acids is 1. The summed E-state index contributed by atoms with van der Waals surface area (Å²) in [6.45, 7) is 1.52. The highest BCUT2D eigenvalue weighted by Gasteiger charge is 2.34. The number of fused-ring (bicyclic) bond motifs is 1. The van der Waals surface area contributed by atoms with Gasteiger partial charge in [-0.3, -0.25) is 9.59 Å². The molecule has 0 spiro atoms. The highest BCUT2D eigenvalue weighted by Crippen LogP contribution is 2.31. The quantitative estimate of drug-likeness (QED) is 0.536. The minimum atomic E-state index is -4.54. The third kappa shape index (κ3) is 5.27. The Bertz CT molecular complexity index is 1220. The van der Waals surface area contributed by atoms with Gasteiger partial charge in [-0.15, -0.1) is 0 Å². The van der Waals surface area contributed by atoms with Gasteiger partial charge < -0.3 is 20.5 Å². The maximum absolute atomic E-state index is 12.2. The van der Waals surface area contributed by atoms with Crippen LogP contribution < -0.4 is 11.3 Å². The third-order valence-corrected chi connectivity index (χ3v) is 4.83. The monoisotopic (exact) mass is 470 g/mol. The molecule has 4 N–H and O–H groups in total. The van der Waals surface area contributed by atoms with Gasteiger partial charge in [0.2, 0.25) is 5.91 Å². The van der Waals surface area contributed by atoms with Gasteiger partial charge in [0.15, 0.2) is 0 Å². The van der Waals surface area contributed by atoms with Crippen molar-refractivity contribution in [3.63, 3.8) is 0 Å². The van der Waals surface area contributed by atoms with E-state index in [0.717, 1.165) is 12.1 Å². The van der Waals surface area contributed by atoms with Crippen molar-refractivity contribution in [2.45, 2.75) is 19.1 Å². The van der Waals surface area contributed by atoms with Gasteiger partial charge in [0.25, 0.3) is 5.56 Å². The van der Waals surface area contributed by atoms with Crippen LogP contribution in [0.15, 0.2) is 53.5 Å². The second-order valence-corrected chi connectivity index (χ2v) is 7.06. The minimum Gasteiger partial charge on any atom is -0.478 e. The van der Waals surface area contributed by atoms with Crippen molar-refractivity contribution in [3.05, 3.63) is 80.7 Å². The molecule has 0 aliphatic heterocycles. The van der Waals surface area contributed by atoms with Gasteiger partial charge in [-0.05, 0) is 37.3 Å². The Morgan fingerprint density at radius 2 is 1.75 bits per heavy atom. The van der Waals surface area contributed by atoms with Gasteiger partial charge in [0, 0.05) is 17.0 Å². The number of nitrogens with two attached hydrogens (primary N) is 1. The zero-order valence-electron chi connectivity index (χ0n) is 16.6. The number of primary amides is 1. The summed E-state index contributed by atoms with van der Waals surface area (Å²) < 4.78 is 38.0. The number of hydrogen-bond donors (Lipinski definition) is 3. The first-order valence-corrected chi connectivity index (χ1v) is 9.41. The largest absolute Gasteiger partial charge is 0.478 e. The van der Waals surface area contributed by atoms with Crippen LogP contribution in [0.5, 0.6) is 0 Å². The number of benzene rings is 2. The van der Waals surface area contributed by atoms with Crippen LogP contribution in [0.2, 0.25) is 5.02 Å². The number of aromatic nitrogens is 1. The number of hydrogen-bond acceptors (Lipinski definition) is 4. The van der Waals surface area contributed by atoms with Crippen LogP contribution in [-0.2, 0) is 6.18 Å². The molecular weight excluding hydrogens is 453 g/mol. The van der Waals surface area contributed by atoms with Crippen LogP contribution in [0.4, 0.5) is 13.2 Å². The van der Waals surface area contributed by atoms with E-state index in [4.69, 9.17) is 27.5 Å². The fourth-order valence-electron chi connectivity index (χ4n) is 2.91. The Morgan fingerprint density at radius 3 is 2.25 bits per heavy atom. The van der Waals surface area contributed by atoms with E-state index in [2.05, 4.69) is 0 Å². The predicted molar refractivity (Wildman–Crippen MR) is 112 cm³/mol. The van der Waals surface area contributed by atoms with E-state index in [0.29, 0.717) is 5.39 Å². The summed E-state index contributed by atoms with van der Waals surface area (Å²) in [5.41, 5.74) is 2.84. The lowest BCUT2D eigenvalue weighted by molar-refractivity contribution is -0.137. The number of amides is 1. The molecule has 2 aromatic carbocycles. The summed E-state index contributed by atoms with van der Waals surface area (Å²) in [5, 5.41) is 18.9. The summed E-state index contributed by atoms with van der Waals surface area (Å²) in [4.78, 5) is 34.0. The number of aliphatic hydroxyl groups is 1. The Hall–Kier alpha value is -3.37. The summed E-state index contributed by atoms with van der Waals surface area (Å²) in [6, 6.07) is 8.44. The van der Waals surface area contributed by atoms with Gasteiger partial charge in [0.05, 0.1) is 34.4 Å². The van der Waals surface area contributed by atoms with Crippen molar-refractivity contribution in [1.29, 1.82) is 0 Å².